The molecule has 0 radical (unpaired) electrons. The van der Waals surface area contributed by atoms with Crippen LogP contribution in [0.15, 0.2) is 48.6 Å². The normalized spacial score (nSPS) is 12.3. The number of hydrogen-bond donors (Lipinski definition) is 0. The molecule has 0 aromatic rings. The van der Waals surface area contributed by atoms with E-state index in [0.29, 0.717) is 19.3 Å². The highest BCUT2D eigenvalue weighted by atomic mass is 16.6. The van der Waals surface area contributed by atoms with Crippen LogP contribution in [0.1, 0.15) is 355 Å². The Morgan fingerprint density at radius 2 is 0.480 bits per heavy atom. The molecule has 0 aromatic heterocycles. The summed E-state index contributed by atoms with van der Waals surface area (Å²) in [5.41, 5.74) is 0. The van der Waals surface area contributed by atoms with Gasteiger partial charge in [0.25, 0.3) is 0 Å². The molecule has 438 valence electrons. The highest BCUT2D eigenvalue weighted by Gasteiger charge is 2.19. The van der Waals surface area contributed by atoms with Gasteiger partial charge in [0, 0.05) is 19.3 Å². The summed E-state index contributed by atoms with van der Waals surface area (Å²) in [4.78, 5) is 38.4. The van der Waals surface area contributed by atoms with Crippen LogP contribution in [0.5, 0.6) is 0 Å². The van der Waals surface area contributed by atoms with E-state index >= 15 is 0 Å². The summed E-state index contributed by atoms with van der Waals surface area (Å²) in [7, 11) is 0. The average molecular weight is 1050 g/mol. The molecule has 0 aliphatic carbocycles. The lowest BCUT2D eigenvalue weighted by Crippen LogP contribution is -2.30. The van der Waals surface area contributed by atoms with Gasteiger partial charge in [0.15, 0.2) is 6.10 Å². The van der Waals surface area contributed by atoms with Crippen molar-refractivity contribution < 1.29 is 28.6 Å². The van der Waals surface area contributed by atoms with Crippen molar-refractivity contribution >= 4 is 17.9 Å². The van der Waals surface area contributed by atoms with Crippen LogP contribution < -0.4 is 0 Å². The first-order chi connectivity index (χ1) is 37.0. The summed E-state index contributed by atoms with van der Waals surface area (Å²) >= 11 is 0. The van der Waals surface area contributed by atoms with Crippen molar-refractivity contribution in [3.8, 4) is 0 Å². The number of carbonyl (C=O) groups excluding carboxylic acids is 3. The number of allylic oxidation sites excluding steroid dienone is 8. The Hall–Kier alpha value is -2.63. The molecule has 0 aromatic carbocycles. The average Bonchev–Trinajstić information content (AvgIpc) is 3.41. The number of rotatable bonds is 61. The van der Waals surface area contributed by atoms with Crippen LogP contribution in [-0.4, -0.2) is 37.2 Å². The van der Waals surface area contributed by atoms with Crippen LogP contribution >= 0.6 is 0 Å². The minimum Gasteiger partial charge on any atom is -0.462 e. The van der Waals surface area contributed by atoms with E-state index in [2.05, 4.69) is 69.4 Å². The lowest BCUT2D eigenvalue weighted by Gasteiger charge is -2.18. The molecule has 6 heteroatoms. The maximum atomic E-state index is 12.9. The quantitative estimate of drug-likeness (QED) is 0.0261. The molecule has 6 nitrogen and oxygen atoms in total. The van der Waals surface area contributed by atoms with E-state index in [1.165, 1.54) is 244 Å². The molecular formula is C69H126O6. The summed E-state index contributed by atoms with van der Waals surface area (Å²) in [5, 5.41) is 0. The minimum atomic E-state index is -0.780. The van der Waals surface area contributed by atoms with Crippen LogP contribution in [0.25, 0.3) is 0 Å². The third-order valence-corrected chi connectivity index (χ3v) is 14.8. The first-order valence-corrected chi connectivity index (χ1v) is 33.1. The van der Waals surface area contributed by atoms with Crippen LogP contribution in [0.3, 0.4) is 0 Å². The van der Waals surface area contributed by atoms with Crippen molar-refractivity contribution in [2.45, 2.75) is 361 Å². The van der Waals surface area contributed by atoms with Crippen molar-refractivity contribution in [3.05, 3.63) is 48.6 Å². The van der Waals surface area contributed by atoms with Crippen LogP contribution in [0.4, 0.5) is 0 Å². The highest BCUT2D eigenvalue weighted by molar-refractivity contribution is 5.71. The highest BCUT2D eigenvalue weighted by Crippen LogP contribution is 2.17. The van der Waals surface area contributed by atoms with Gasteiger partial charge in [-0.25, -0.2) is 0 Å². The molecule has 75 heavy (non-hydrogen) atoms. The molecule has 0 heterocycles. The van der Waals surface area contributed by atoms with Gasteiger partial charge in [0.1, 0.15) is 13.2 Å². The van der Waals surface area contributed by atoms with Crippen molar-refractivity contribution in [2.75, 3.05) is 13.2 Å². The first-order valence-electron chi connectivity index (χ1n) is 33.1. The molecule has 0 saturated carbocycles. The number of ether oxygens (including phenoxy) is 3. The summed E-state index contributed by atoms with van der Waals surface area (Å²) in [6.07, 6.45) is 79.7. The fourth-order valence-electron chi connectivity index (χ4n) is 9.76. The lowest BCUT2D eigenvalue weighted by molar-refractivity contribution is -0.167. The van der Waals surface area contributed by atoms with Gasteiger partial charge >= 0.3 is 17.9 Å². The first kappa shape index (κ1) is 72.4. The molecule has 0 N–H and O–H groups in total. The largest absolute Gasteiger partial charge is 0.462 e. The zero-order chi connectivity index (χ0) is 54.3. The van der Waals surface area contributed by atoms with Gasteiger partial charge in [-0.05, 0) is 103 Å². The zero-order valence-corrected chi connectivity index (χ0v) is 50.3. The fraction of sp³-hybridized carbons (Fsp3) is 0.841. The Morgan fingerprint density at radius 1 is 0.267 bits per heavy atom. The topological polar surface area (TPSA) is 78.9 Å². The Balaban J connectivity index is 4.32. The van der Waals surface area contributed by atoms with Crippen LogP contribution in [-0.2, 0) is 28.6 Å². The van der Waals surface area contributed by atoms with E-state index in [0.717, 1.165) is 70.6 Å². The van der Waals surface area contributed by atoms with Gasteiger partial charge in [-0.3, -0.25) is 14.4 Å². The number of carbonyl (C=O) groups is 3. The molecule has 0 bridgehead atoms. The smallest absolute Gasteiger partial charge is 0.306 e. The second kappa shape index (κ2) is 63.9. The van der Waals surface area contributed by atoms with E-state index in [1.54, 1.807) is 0 Å². The van der Waals surface area contributed by atoms with Gasteiger partial charge in [-0.15, -0.1) is 0 Å². The Kier molecular flexibility index (Phi) is 61.7. The van der Waals surface area contributed by atoms with Crippen molar-refractivity contribution in [1.29, 1.82) is 0 Å². The van der Waals surface area contributed by atoms with E-state index < -0.39 is 6.10 Å². The SMILES string of the molecule is CCCCC/C=C\C/C=C\CCCCCCCCCC(=O)OC(COC(=O)CCCCCCCCC/C=C\CCCCCCCC)COC(=O)CCCCCCCCCCCCC/C=C\CCCCCCCCCC. The molecule has 0 rings (SSSR count). The van der Waals surface area contributed by atoms with E-state index in [-0.39, 0.29) is 31.1 Å². The summed E-state index contributed by atoms with van der Waals surface area (Å²) in [5.74, 6) is -0.868. The van der Waals surface area contributed by atoms with E-state index in [1.807, 2.05) is 0 Å². The number of hydrogen-bond acceptors (Lipinski definition) is 6. The maximum Gasteiger partial charge on any atom is 0.306 e. The standard InChI is InChI=1S/C69H126O6/c1-4-7-10-13-16-19-22-25-28-31-32-33-34-35-36-39-41-44-47-50-53-56-59-62-68(71)74-65-66(75-69(72)63-60-57-54-51-48-45-42-38-30-27-24-21-18-15-12-9-6-3)64-73-67(70)61-58-55-52-49-46-43-40-37-29-26-23-20-17-14-11-8-5-2/h18,21,26-27,29-32,66H,4-17,19-20,22-25,28,33-65H2,1-3H3/b21-18-,29-26-,30-27-,32-31-. The summed E-state index contributed by atoms with van der Waals surface area (Å²) in [6.45, 7) is 6.65. The summed E-state index contributed by atoms with van der Waals surface area (Å²) in [6, 6.07) is 0. The van der Waals surface area contributed by atoms with Crippen molar-refractivity contribution in [2.24, 2.45) is 0 Å². The third kappa shape index (κ3) is 62.1. The van der Waals surface area contributed by atoms with Gasteiger partial charge in [-0.1, -0.05) is 281 Å². The monoisotopic (exact) mass is 1050 g/mol. The molecule has 0 aliphatic rings. The Bertz CT molecular complexity index is 1300. The van der Waals surface area contributed by atoms with Crippen molar-refractivity contribution in [3.63, 3.8) is 0 Å². The lowest BCUT2D eigenvalue weighted by atomic mass is 10.0. The van der Waals surface area contributed by atoms with Gasteiger partial charge in [-0.2, -0.15) is 0 Å². The Morgan fingerprint density at radius 3 is 0.773 bits per heavy atom. The summed E-state index contributed by atoms with van der Waals surface area (Å²) < 4.78 is 17.0. The van der Waals surface area contributed by atoms with Gasteiger partial charge in [0.05, 0.1) is 0 Å². The molecule has 0 fully saturated rings. The molecule has 1 unspecified atom stereocenters. The third-order valence-electron chi connectivity index (χ3n) is 14.8. The predicted octanol–water partition coefficient (Wildman–Crippen LogP) is 22.6. The molecule has 0 aliphatic heterocycles. The number of esters is 3. The molecule has 1 atom stereocenters. The molecule has 0 spiro atoms. The van der Waals surface area contributed by atoms with Crippen molar-refractivity contribution in [1.82, 2.24) is 0 Å². The minimum absolute atomic E-state index is 0.0756. The van der Waals surface area contributed by atoms with Gasteiger partial charge < -0.3 is 14.2 Å². The molecule has 0 saturated heterocycles. The predicted molar refractivity (Wildman–Crippen MR) is 325 cm³/mol. The second-order valence-corrected chi connectivity index (χ2v) is 22.4. The van der Waals surface area contributed by atoms with Gasteiger partial charge in [0.2, 0.25) is 0 Å². The number of unbranched alkanes of at least 4 members (excludes halogenated alkanes) is 42. The van der Waals surface area contributed by atoms with Crippen LogP contribution in [0, 0.1) is 0 Å². The van der Waals surface area contributed by atoms with E-state index in [4.69, 9.17) is 14.2 Å². The zero-order valence-electron chi connectivity index (χ0n) is 50.3. The molecule has 0 amide bonds. The Labute approximate surface area is 467 Å². The fourth-order valence-corrected chi connectivity index (χ4v) is 9.76. The maximum absolute atomic E-state index is 12.9. The second-order valence-electron chi connectivity index (χ2n) is 22.4. The van der Waals surface area contributed by atoms with Crippen LogP contribution in [0.2, 0.25) is 0 Å². The van der Waals surface area contributed by atoms with E-state index in [9.17, 15) is 14.4 Å². The molecular weight excluding hydrogens is 925 g/mol.